The van der Waals surface area contributed by atoms with E-state index in [9.17, 15) is 9.59 Å². The maximum Gasteiger partial charge on any atom is 0.325 e. The molecule has 1 aromatic heterocycles. The lowest BCUT2D eigenvalue weighted by Gasteiger charge is -2.20. The average Bonchev–Trinajstić information content (AvgIpc) is 2.52. The van der Waals surface area contributed by atoms with E-state index in [0.717, 1.165) is 17.8 Å². The van der Waals surface area contributed by atoms with Crippen molar-refractivity contribution in [2.24, 2.45) is 0 Å². The van der Waals surface area contributed by atoms with Gasteiger partial charge in [0.25, 0.3) is 0 Å². The first-order chi connectivity index (χ1) is 10.0. The van der Waals surface area contributed by atoms with E-state index in [-0.39, 0.29) is 19.0 Å². The number of rotatable bonds is 7. The van der Waals surface area contributed by atoms with Crippen molar-refractivity contribution in [2.45, 2.75) is 26.7 Å². The van der Waals surface area contributed by atoms with Gasteiger partial charge in [0, 0.05) is 0 Å². The fourth-order valence-electron chi connectivity index (χ4n) is 1.70. The standard InChI is InChI=1S/C13H20N4O4/c1-5-9-10(6-2)15-16-13(14-9)17(7-11(18)20-3)8-12(19)21-4/h5-8H2,1-4H3. The monoisotopic (exact) mass is 296 g/mol. The summed E-state index contributed by atoms with van der Waals surface area (Å²) in [6.45, 7) is 3.62. The molecule has 0 unspecified atom stereocenters. The average molecular weight is 296 g/mol. The summed E-state index contributed by atoms with van der Waals surface area (Å²) >= 11 is 0. The lowest BCUT2D eigenvalue weighted by atomic mass is 10.2. The van der Waals surface area contributed by atoms with Crippen LogP contribution in [0.4, 0.5) is 5.95 Å². The number of esters is 2. The zero-order valence-electron chi connectivity index (χ0n) is 12.8. The van der Waals surface area contributed by atoms with E-state index < -0.39 is 11.9 Å². The van der Waals surface area contributed by atoms with Crippen LogP contribution in [-0.2, 0) is 31.9 Å². The zero-order valence-corrected chi connectivity index (χ0v) is 12.8. The molecule has 21 heavy (non-hydrogen) atoms. The van der Waals surface area contributed by atoms with E-state index in [1.807, 2.05) is 13.8 Å². The van der Waals surface area contributed by atoms with Crippen LogP contribution in [0.2, 0.25) is 0 Å². The molecule has 1 aromatic rings. The van der Waals surface area contributed by atoms with Gasteiger partial charge in [0.1, 0.15) is 13.1 Å². The fraction of sp³-hybridized carbons (Fsp3) is 0.615. The molecule has 116 valence electrons. The Balaban J connectivity index is 3.06. The molecule has 0 saturated carbocycles. The molecular weight excluding hydrogens is 276 g/mol. The molecule has 0 saturated heterocycles. The summed E-state index contributed by atoms with van der Waals surface area (Å²) in [5, 5.41) is 8.08. The van der Waals surface area contributed by atoms with Crippen LogP contribution in [0.5, 0.6) is 0 Å². The Bertz CT molecular complexity index is 489. The van der Waals surface area contributed by atoms with E-state index in [1.54, 1.807) is 0 Å². The van der Waals surface area contributed by atoms with Gasteiger partial charge in [-0.15, -0.1) is 5.10 Å². The van der Waals surface area contributed by atoms with Crippen molar-refractivity contribution < 1.29 is 19.1 Å². The van der Waals surface area contributed by atoms with Crippen molar-refractivity contribution in [3.05, 3.63) is 11.4 Å². The molecule has 0 amide bonds. The molecule has 0 aliphatic heterocycles. The number of aryl methyl sites for hydroxylation is 2. The highest BCUT2D eigenvalue weighted by Crippen LogP contribution is 2.11. The molecule has 0 aliphatic carbocycles. The van der Waals surface area contributed by atoms with Gasteiger partial charge >= 0.3 is 11.9 Å². The summed E-state index contributed by atoms with van der Waals surface area (Å²) in [5.74, 6) is -0.792. The summed E-state index contributed by atoms with van der Waals surface area (Å²) in [6, 6.07) is 0. The van der Waals surface area contributed by atoms with Crippen LogP contribution >= 0.6 is 0 Å². The quantitative estimate of drug-likeness (QED) is 0.656. The normalized spacial score (nSPS) is 10.1. The highest BCUT2D eigenvalue weighted by atomic mass is 16.5. The predicted molar refractivity (Wildman–Crippen MR) is 74.8 cm³/mol. The minimum Gasteiger partial charge on any atom is -0.468 e. The summed E-state index contributed by atoms with van der Waals surface area (Å²) in [5.41, 5.74) is 1.60. The highest BCUT2D eigenvalue weighted by molar-refractivity contribution is 5.80. The Morgan fingerprint density at radius 2 is 1.48 bits per heavy atom. The fourth-order valence-corrected chi connectivity index (χ4v) is 1.70. The minimum atomic E-state index is -0.500. The maximum atomic E-state index is 11.5. The molecule has 0 radical (unpaired) electrons. The molecule has 0 fully saturated rings. The van der Waals surface area contributed by atoms with Crippen LogP contribution in [0.15, 0.2) is 0 Å². The summed E-state index contributed by atoms with van der Waals surface area (Å²) in [6.07, 6.45) is 1.41. The molecule has 0 aliphatic rings. The Morgan fingerprint density at radius 3 is 1.90 bits per heavy atom. The number of methoxy groups -OCH3 is 2. The van der Waals surface area contributed by atoms with Gasteiger partial charge in [-0.1, -0.05) is 13.8 Å². The van der Waals surface area contributed by atoms with Crippen molar-refractivity contribution in [1.82, 2.24) is 15.2 Å². The molecule has 0 spiro atoms. The number of ether oxygens (including phenoxy) is 2. The minimum absolute atomic E-state index is 0.151. The number of hydrogen-bond donors (Lipinski definition) is 0. The number of carbonyl (C=O) groups is 2. The van der Waals surface area contributed by atoms with E-state index in [0.29, 0.717) is 6.42 Å². The first-order valence-corrected chi connectivity index (χ1v) is 6.66. The van der Waals surface area contributed by atoms with Gasteiger partial charge in [-0.3, -0.25) is 9.59 Å². The second-order valence-corrected chi connectivity index (χ2v) is 4.22. The topological polar surface area (TPSA) is 94.5 Å². The first kappa shape index (κ1) is 16.8. The summed E-state index contributed by atoms with van der Waals surface area (Å²) < 4.78 is 9.22. The van der Waals surface area contributed by atoms with Gasteiger partial charge < -0.3 is 14.4 Å². The number of aromatic nitrogens is 3. The number of hydrogen-bond acceptors (Lipinski definition) is 8. The largest absolute Gasteiger partial charge is 0.468 e. The SMILES string of the molecule is CCc1nnc(N(CC(=O)OC)CC(=O)OC)nc1CC. The summed E-state index contributed by atoms with van der Waals surface area (Å²) in [7, 11) is 2.55. The smallest absolute Gasteiger partial charge is 0.325 e. The second kappa shape index (κ2) is 8.13. The van der Waals surface area contributed by atoms with Crippen LogP contribution in [-0.4, -0.2) is 54.4 Å². The van der Waals surface area contributed by atoms with Crippen molar-refractivity contribution in [1.29, 1.82) is 0 Å². The second-order valence-electron chi connectivity index (χ2n) is 4.22. The lowest BCUT2D eigenvalue weighted by Crippen LogP contribution is -2.37. The third-order valence-electron chi connectivity index (χ3n) is 2.88. The third-order valence-corrected chi connectivity index (χ3v) is 2.88. The third kappa shape index (κ3) is 4.66. The van der Waals surface area contributed by atoms with E-state index >= 15 is 0 Å². The number of anilines is 1. The maximum absolute atomic E-state index is 11.5. The van der Waals surface area contributed by atoms with Crippen LogP contribution in [0.1, 0.15) is 25.2 Å². The zero-order chi connectivity index (χ0) is 15.8. The van der Waals surface area contributed by atoms with Crippen LogP contribution in [0.3, 0.4) is 0 Å². The Hall–Kier alpha value is -2.25. The Morgan fingerprint density at radius 1 is 0.952 bits per heavy atom. The van der Waals surface area contributed by atoms with Crippen molar-refractivity contribution in [2.75, 3.05) is 32.2 Å². The molecular formula is C13H20N4O4. The number of carbonyl (C=O) groups excluding carboxylic acids is 2. The first-order valence-electron chi connectivity index (χ1n) is 6.66. The predicted octanol–water partition coefficient (Wildman–Crippen LogP) is 0.149. The molecule has 0 bridgehead atoms. The van der Waals surface area contributed by atoms with Gasteiger partial charge in [0.15, 0.2) is 0 Å². The van der Waals surface area contributed by atoms with E-state index in [4.69, 9.17) is 0 Å². The molecule has 0 N–H and O–H groups in total. The van der Waals surface area contributed by atoms with E-state index in [1.165, 1.54) is 19.1 Å². The molecule has 1 heterocycles. The Kier molecular flexibility index (Phi) is 6.51. The molecule has 8 heteroatoms. The summed E-state index contributed by atoms with van der Waals surface area (Å²) in [4.78, 5) is 28.7. The van der Waals surface area contributed by atoms with Crippen molar-refractivity contribution in [3.63, 3.8) is 0 Å². The van der Waals surface area contributed by atoms with Crippen molar-refractivity contribution >= 4 is 17.9 Å². The van der Waals surface area contributed by atoms with Gasteiger partial charge in [-0.25, -0.2) is 4.98 Å². The Labute approximate surface area is 123 Å². The highest BCUT2D eigenvalue weighted by Gasteiger charge is 2.20. The van der Waals surface area contributed by atoms with Crippen LogP contribution < -0.4 is 4.90 Å². The van der Waals surface area contributed by atoms with Crippen LogP contribution in [0, 0.1) is 0 Å². The van der Waals surface area contributed by atoms with E-state index in [2.05, 4.69) is 24.7 Å². The molecule has 0 atom stereocenters. The molecule has 1 rings (SSSR count). The van der Waals surface area contributed by atoms with Crippen molar-refractivity contribution in [3.8, 4) is 0 Å². The van der Waals surface area contributed by atoms with Gasteiger partial charge in [-0.05, 0) is 12.8 Å². The number of nitrogens with zero attached hydrogens (tertiary/aromatic N) is 4. The van der Waals surface area contributed by atoms with Crippen LogP contribution in [0.25, 0.3) is 0 Å². The van der Waals surface area contributed by atoms with Gasteiger partial charge in [-0.2, -0.15) is 5.10 Å². The molecule has 0 aromatic carbocycles. The molecule has 8 nitrogen and oxygen atoms in total. The van der Waals surface area contributed by atoms with Gasteiger partial charge in [0.2, 0.25) is 5.95 Å². The van der Waals surface area contributed by atoms with Gasteiger partial charge in [0.05, 0.1) is 25.6 Å². The lowest BCUT2D eigenvalue weighted by molar-refractivity contribution is -0.140.